The molecule has 1 aliphatic rings. The number of ether oxygens (including phenoxy) is 1. The number of hydrogen-bond donors (Lipinski definition) is 1. The Kier molecular flexibility index (Phi) is 6.67. The van der Waals surface area contributed by atoms with Crippen LogP contribution in [0.3, 0.4) is 0 Å². The Morgan fingerprint density at radius 3 is 2.83 bits per heavy atom. The van der Waals surface area contributed by atoms with Gasteiger partial charge in [0.25, 0.3) is 0 Å². The van der Waals surface area contributed by atoms with Crippen LogP contribution >= 0.6 is 0 Å². The molecule has 1 amide bonds. The topological polar surface area (TPSA) is 41.6 Å². The molecule has 1 fully saturated rings. The van der Waals surface area contributed by atoms with Gasteiger partial charge in [0, 0.05) is 12.6 Å². The van der Waals surface area contributed by atoms with E-state index in [-0.39, 0.29) is 11.9 Å². The highest BCUT2D eigenvalue weighted by molar-refractivity contribution is 5.81. The number of methoxy groups -OCH3 is 1. The first-order chi connectivity index (χ1) is 11.4. The summed E-state index contributed by atoms with van der Waals surface area (Å²) in [6.45, 7) is 7.26. The quantitative estimate of drug-likeness (QED) is 0.867. The zero-order chi connectivity index (χ0) is 17.7. The van der Waals surface area contributed by atoms with Crippen LogP contribution in [0.25, 0.3) is 0 Å². The largest absolute Gasteiger partial charge is 0.497 e. The van der Waals surface area contributed by atoms with Gasteiger partial charge in [-0.25, -0.2) is 0 Å². The minimum atomic E-state index is -0.152. The second kappa shape index (κ2) is 8.52. The van der Waals surface area contributed by atoms with Crippen LogP contribution in [0.5, 0.6) is 5.75 Å². The molecule has 1 saturated carbocycles. The Hall–Kier alpha value is -1.55. The maximum absolute atomic E-state index is 12.6. The summed E-state index contributed by atoms with van der Waals surface area (Å²) in [5, 5.41) is 3.28. The highest BCUT2D eigenvalue weighted by Crippen LogP contribution is 2.29. The van der Waals surface area contributed by atoms with Gasteiger partial charge in [-0.15, -0.1) is 0 Å². The monoisotopic (exact) mass is 332 g/mol. The van der Waals surface area contributed by atoms with Gasteiger partial charge in [-0.2, -0.15) is 0 Å². The third kappa shape index (κ3) is 4.73. The molecule has 1 aromatic carbocycles. The summed E-state index contributed by atoms with van der Waals surface area (Å²) in [7, 11) is 3.67. The fourth-order valence-corrected chi connectivity index (χ4v) is 3.48. The maximum atomic E-state index is 12.6. The molecule has 0 spiro atoms. The summed E-state index contributed by atoms with van der Waals surface area (Å²) in [4.78, 5) is 14.7. The van der Waals surface area contributed by atoms with Gasteiger partial charge in [-0.3, -0.25) is 9.69 Å². The van der Waals surface area contributed by atoms with Crippen molar-refractivity contribution in [2.45, 2.75) is 58.7 Å². The average molecular weight is 332 g/mol. The van der Waals surface area contributed by atoms with E-state index in [2.05, 4.69) is 30.1 Å². The van der Waals surface area contributed by atoms with Crippen LogP contribution in [0.1, 0.15) is 45.6 Å². The number of hydrogen-bond acceptors (Lipinski definition) is 3. The molecule has 134 valence electrons. The van der Waals surface area contributed by atoms with Crippen molar-refractivity contribution >= 4 is 5.91 Å². The molecule has 24 heavy (non-hydrogen) atoms. The third-order valence-electron chi connectivity index (χ3n) is 5.64. The number of likely N-dealkylation sites (N-methyl/N-ethyl adjacent to an activating group) is 1. The molecule has 0 radical (unpaired) electrons. The van der Waals surface area contributed by atoms with E-state index in [0.29, 0.717) is 17.9 Å². The Labute approximate surface area is 146 Å². The fraction of sp³-hybridized carbons (Fsp3) is 0.650. The molecular formula is C20H32N2O2. The van der Waals surface area contributed by atoms with Crippen molar-refractivity contribution in [1.29, 1.82) is 0 Å². The van der Waals surface area contributed by atoms with Gasteiger partial charge in [-0.1, -0.05) is 38.8 Å². The molecule has 4 nitrogen and oxygen atoms in total. The van der Waals surface area contributed by atoms with Crippen LogP contribution in [0.15, 0.2) is 24.3 Å². The van der Waals surface area contributed by atoms with Crippen LogP contribution < -0.4 is 10.1 Å². The van der Waals surface area contributed by atoms with E-state index < -0.39 is 0 Å². The molecule has 0 aliphatic heterocycles. The summed E-state index contributed by atoms with van der Waals surface area (Å²) in [5.74, 6) is 2.22. The Balaban J connectivity index is 1.91. The first-order valence-electron chi connectivity index (χ1n) is 9.06. The van der Waals surface area contributed by atoms with Gasteiger partial charge in [0.15, 0.2) is 0 Å². The molecule has 4 unspecified atom stereocenters. The Morgan fingerprint density at radius 2 is 2.12 bits per heavy atom. The first-order valence-corrected chi connectivity index (χ1v) is 9.06. The van der Waals surface area contributed by atoms with E-state index >= 15 is 0 Å². The molecular weight excluding hydrogens is 300 g/mol. The number of amides is 1. The molecule has 0 heterocycles. The van der Waals surface area contributed by atoms with Crippen LogP contribution in [0.2, 0.25) is 0 Å². The van der Waals surface area contributed by atoms with Crippen LogP contribution in [-0.2, 0) is 11.3 Å². The number of benzene rings is 1. The van der Waals surface area contributed by atoms with Gasteiger partial charge in [0.1, 0.15) is 5.75 Å². The predicted octanol–water partition coefficient (Wildman–Crippen LogP) is 3.46. The molecule has 0 aromatic heterocycles. The van der Waals surface area contributed by atoms with Gasteiger partial charge < -0.3 is 10.1 Å². The molecule has 0 bridgehead atoms. The van der Waals surface area contributed by atoms with Crippen LogP contribution in [0.4, 0.5) is 0 Å². The summed E-state index contributed by atoms with van der Waals surface area (Å²) in [6, 6.07) is 8.17. The first kappa shape index (κ1) is 18.8. The van der Waals surface area contributed by atoms with Crippen molar-refractivity contribution in [1.82, 2.24) is 10.2 Å². The summed E-state index contributed by atoms with van der Waals surface area (Å²) >= 11 is 0. The predicted molar refractivity (Wildman–Crippen MR) is 98.0 cm³/mol. The Morgan fingerprint density at radius 1 is 1.38 bits per heavy atom. The van der Waals surface area contributed by atoms with Crippen LogP contribution in [0, 0.1) is 11.8 Å². The van der Waals surface area contributed by atoms with E-state index in [9.17, 15) is 4.79 Å². The van der Waals surface area contributed by atoms with Crippen LogP contribution in [-0.4, -0.2) is 37.0 Å². The number of carbonyl (C=O) groups is 1. The summed E-state index contributed by atoms with van der Waals surface area (Å²) in [5.41, 5.74) is 1.15. The lowest BCUT2D eigenvalue weighted by atomic mass is 9.78. The van der Waals surface area contributed by atoms with Crippen molar-refractivity contribution in [3.05, 3.63) is 29.8 Å². The second-order valence-electron chi connectivity index (χ2n) is 7.33. The van der Waals surface area contributed by atoms with Crippen molar-refractivity contribution in [3.8, 4) is 5.75 Å². The molecule has 4 heteroatoms. The number of nitrogens with one attached hydrogen (secondary N) is 1. The SMILES string of the molecule is COc1cccc(CN(C)C(C)C(=O)NC2CCCC(C)C2C)c1. The standard InChI is InChI=1S/C20H32N2O2/c1-14-8-6-11-19(15(14)2)21-20(23)16(3)22(4)13-17-9-7-10-18(12-17)24-5/h7,9-10,12,14-16,19H,6,8,11,13H2,1-5H3,(H,21,23). The highest BCUT2D eigenvalue weighted by atomic mass is 16.5. The molecule has 1 aromatic rings. The number of carbonyl (C=O) groups excluding carboxylic acids is 1. The third-order valence-corrected chi connectivity index (χ3v) is 5.64. The van der Waals surface area contributed by atoms with Gasteiger partial charge in [-0.05, 0) is 49.9 Å². The smallest absolute Gasteiger partial charge is 0.237 e. The van der Waals surface area contributed by atoms with Crippen molar-refractivity contribution in [2.75, 3.05) is 14.2 Å². The summed E-state index contributed by atoms with van der Waals surface area (Å²) < 4.78 is 5.27. The van der Waals surface area contributed by atoms with Gasteiger partial charge >= 0.3 is 0 Å². The lowest BCUT2D eigenvalue weighted by Crippen LogP contribution is -2.50. The minimum Gasteiger partial charge on any atom is -0.497 e. The zero-order valence-corrected chi connectivity index (χ0v) is 15.7. The summed E-state index contributed by atoms with van der Waals surface area (Å²) in [6.07, 6.45) is 3.59. The molecule has 2 rings (SSSR count). The molecule has 0 saturated heterocycles. The average Bonchev–Trinajstić information content (AvgIpc) is 2.58. The lowest BCUT2D eigenvalue weighted by Gasteiger charge is -2.36. The normalized spacial score (nSPS) is 25.3. The van der Waals surface area contributed by atoms with Crippen molar-refractivity contribution in [3.63, 3.8) is 0 Å². The van der Waals surface area contributed by atoms with E-state index in [1.807, 2.05) is 32.2 Å². The van der Waals surface area contributed by atoms with E-state index in [4.69, 9.17) is 4.74 Å². The number of rotatable bonds is 6. The molecule has 4 atom stereocenters. The highest BCUT2D eigenvalue weighted by Gasteiger charge is 2.30. The lowest BCUT2D eigenvalue weighted by molar-refractivity contribution is -0.127. The number of nitrogens with zero attached hydrogens (tertiary/aromatic N) is 1. The van der Waals surface area contributed by atoms with Gasteiger partial charge in [0.05, 0.1) is 13.2 Å². The van der Waals surface area contributed by atoms with E-state index in [0.717, 1.165) is 24.3 Å². The maximum Gasteiger partial charge on any atom is 0.237 e. The van der Waals surface area contributed by atoms with E-state index in [1.54, 1.807) is 7.11 Å². The molecule has 1 aliphatic carbocycles. The minimum absolute atomic E-state index is 0.131. The molecule has 1 N–H and O–H groups in total. The zero-order valence-electron chi connectivity index (χ0n) is 15.7. The second-order valence-corrected chi connectivity index (χ2v) is 7.33. The van der Waals surface area contributed by atoms with Crippen molar-refractivity contribution in [2.24, 2.45) is 11.8 Å². The fourth-order valence-electron chi connectivity index (χ4n) is 3.48. The van der Waals surface area contributed by atoms with Gasteiger partial charge in [0.2, 0.25) is 5.91 Å². The van der Waals surface area contributed by atoms with E-state index in [1.165, 1.54) is 12.8 Å². The Bertz CT molecular complexity index is 546. The van der Waals surface area contributed by atoms with Crippen molar-refractivity contribution < 1.29 is 9.53 Å².